The van der Waals surface area contributed by atoms with Gasteiger partial charge in [0.05, 0.1) is 4.90 Å². The van der Waals surface area contributed by atoms with Crippen LogP contribution in [0.5, 0.6) is 0 Å². The van der Waals surface area contributed by atoms with Crippen LogP contribution < -0.4 is 20.7 Å². The second-order valence-electron chi connectivity index (χ2n) is 15.5. The van der Waals surface area contributed by atoms with Gasteiger partial charge in [-0.3, -0.25) is 24.6 Å². The highest BCUT2D eigenvalue weighted by Crippen LogP contribution is 2.33. The van der Waals surface area contributed by atoms with E-state index in [4.69, 9.17) is 0 Å². The fourth-order valence-electron chi connectivity index (χ4n) is 7.36. The van der Waals surface area contributed by atoms with Gasteiger partial charge in [0.25, 0.3) is 5.91 Å². The number of fused-ring (bicyclic) bond motifs is 1. The van der Waals surface area contributed by atoms with Crippen molar-refractivity contribution in [1.29, 1.82) is 0 Å². The first kappa shape index (κ1) is 38.0. The maximum atomic E-state index is 15.3. The predicted molar refractivity (Wildman–Crippen MR) is 206 cm³/mol. The van der Waals surface area contributed by atoms with Gasteiger partial charge in [0.1, 0.15) is 17.7 Å². The normalized spacial score (nSPS) is 18.3. The molecule has 55 heavy (non-hydrogen) atoms. The van der Waals surface area contributed by atoms with Crippen molar-refractivity contribution < 1.29 is 27.2 Å². The molecule has 2 fully saturated rings. The van der Waals surface area contributed by atoms with Crippen molar-refractivity contribution >= 4 is 50.9 Å². The molecule has 3 aliphatic heterocycles. The molecule has 4 aromatic rings. The lowest BCUT2D eigenvalue weighted by Crippen LogP contribution is -2.52. The van der Waals surface area contributed by atoms with Gasteiger partial charge in [-0.25, -0.2) is 22.5 Å². The molecule has 3 aromatic carbocycles. The molecule has 0 aliphatic carbocycles. The Morgan fingerprint density at radius 3 is 2.40 bits per heavy atom. The first-order chi connectivity index (χ1) is 26.1. The van der Waals surface area contributed by atoms with Crippen molar-refractivity contribution in [1.82, 2.24) is 29.8 Å². The van der Waals surface area contributed by atoms with Crippen LogP contribution in [0.4, 0.5) is 27.5 Å². The summed E-state index contributed by atoms with van der Waals surface area (Å²) in [5.41, 5.74) is 4.28. The number of hydrogen-bond donors (Lipinski definition) is 4. The number of piperidine rings is 2. The lowest BCUT2D eigenvalue weighted by molar-refractivity contribution is -0.136. The third-order valence-corrected chi connectivity index (χ3v) is 11.9. The van der Waals surface area contributed by atoms with E-state index >= 15 is 4.39 Å². The number of aromatic nitrogens is 2. The number of carbonyl (C=O) groups is 3. The highest BCUT2D eigenvalue weighted by atomic mass is 32.2. The summed E-state index contributed by atoms with van der Waals surface area (Å²) in [7, 11) is -3.71. The summed E-state index contributed by atoms with van der Waals surface area (Å²) in [5, 5.41) is 8.80. The highest BCUT2D eigenvalue weighted by molar-refractivity contribution is 7.89. The van der Waals surface area contributed by atoms with Crippen LogP contribution in [0.25, 0.3) is 0 Å². The van der Waals surface area contributed by atoms with Crippen molar-refractivity contribution in [3.8, 4) is 0 Å². The van der Waals surface area contributed by atoms with Gasteiger partial charge in [0, 0.05) is 59.3 Å². The van der Waals surface area contributed by atoms with E-state index in [0.29, 0.717) is 41.0 Å². The number of nitrogens with one attached hydrogen (secondary N) is 4. The van der Waals surface area contributed by atoms with E-state index in [2.05, 4.69) is 47.7 Å². The first-order valence-corrected chi connectivity index (χ1v) is 19.9. The molecule has 4 N–H and O–H groups in total. The minimum atomic E-state index is -3.71. The second kappa shape index (κ2) is 15.1. The van der Waals surface area contributed by atoms with Gasteiger partial charge in [-0.2, -0.15) is 4.98 Å². The zero-order valence-corrected chi connectivity index (χ0v) is 32.1. The number of likely N-dealkylation sites (tertiary alicyclic amines) is 1. The molecule has 3 aliphatic rings. The molecule has 1 unspecified atom stereocenters. The zero-order valence-electron chi connectivity index (χ0n) is 31.3. The van der Waals surface area contributed by atoms with Crippen molar-refractivity contribution in [2.45, 2.75) is 88.9 Å². The average Bonchev–Trinajstić information content (AvgIpc) is 3.43. The molecule has 2 saturated heterocycles. The largest absolute Gasteiger partial charge is 0.340 e. The summed E-state index contributed by atoms with van der Waals surface area (Å²) < 4.78 is 43.7. The summed E-state index contributed by atoms with van der Waals surface area (Å²) in [5.74, 6) is -0.369. The molecule has 0 saturated carbocycles. The number of nitrogens with zero attached hydrogens (tertiary/aromatic N) is 4. The number of rotatable bonds is 10. The molecule has 0 radical (unpaired) electrons. The molecule has 3 amide bonds. The minimum Gasteiger partial charge on any atom is -0.340 e. The number of amides is 3. The van der Waals surface area contributed by atoms with Crippen molar-refractivity contribution in [2.75, 3.05) is 23.7 Å². The Morgan fingerprint density at radius 2 is 1.69 bits per heavy atom. The molecule has 0 spiro atoms. The van der Waals surface area contributed by atoms with Crippen LogP contribution in [-0.2, 0) is 32.7 Å². The van der Waals surface area contributed by atoms with E-state index < -0.39 is 33.3 Å². The van der Waals surface area contributed by atoms with Crippen LogP contribution in [0.15, 0.2) is 71.8 Å². The van der Waals surface area contributed by atoms with E-state index in [9.17, 15) is 22.8 Å². The molecular formula is C40H45FN8O5S. The number of aryl methyl sites for hydroxylation is 1. The Balaban J connectivity index is 0.935. The molecule has 0 bridgehead atoms. The van der Waals surface area contributed by atoms with Crippen molar-refractivity contribution in [3.05, 3.63) is 100 Å². The summed E-state index contributed by atoms with van der Waals surface area (Å²) in [6, 6.07) is 17.1. The van der Waals surface area contributed by atoms with Crippen LogP contribution in [0.3, 0.4) is 0 Å². The Hall–Kier alpha value is -5.25. The molecule has 15 heteroatoms. The third kappa shape index (κ3) is 8.69. The molecule has 288 valence electrons. The van der Waals surface area contributed by atoms with Crippen LogP contribution in [-0.4, -0.2) is 70.6 Å². The number of carbonyl (C=O) groups excluding carboxylic acids is 3. The Labute approximate surface area is 320 Å². The van der Waals surface area contributed by atoms with Gasteiger partial charge in [0.15, 0.2) is 0 Å². The van der Waals surface area contributed by atoms with Crippen LogP contribution >= 0.6 is 0 Å². The van der Waals surface area contributed by atoms with E-state index in [1.807, 2.05) is 19.1 Å². The number of sulfonamides is 1. The van der Waals surface area contributed by atoms with Crippen LogP contribution in [0.1, 0.15) is 85.0 Å². The topological polar surface area (TPSA) is 166 Å². The van der Waals surface area contributed by atoms with Gasteiger partial charge in [-0.1, -0.05) is 18.2 Å². The standard InChI is InChI=1S/C40H45FN8O5S/c1-24-21-42-39(46-36(24)43-30-6-5-7-31(19-30)55(53,54)47-40(2,3)4)44-29-10-8-25(9-11-29)26-14-16-48(17-15-26)22-28-18-27-23-49(38(52)32(27)20-33(28)41)34-12-13-35(50)45-37(34)51/h5-11,18-21,26,34,47H,12-17,22-23H2,1-4H3,(H,45,50,51)(H2,42,43,44,46). The van der Waals surface area contributed by atoms with Gasteiger partial charge < -0.3 is 15.5 Å². The third-order valence-electron chi connectivity index (χ3n) is 10.1. The lowest BCUT2D eigenvalue weighted by Gasteiger charge is -2.32. The Morgan fingerprint density at radius 1 is 0.945 bits per heavy atom. The second-order valence-corrected chi connectivity index (χ2v) is 17.2. The van der Waals surface area contributed by atoms with Gasteiger partial charge in [0.2, 0.25) is 27.8 Å². The smallest absolute Gasteiger partial charge is 0.255 e. The van der Waals surface area contributed by atoms with Crippen molar-refractivity contribution in [3.63, 3.8) is 0 Å². The van der Waals surface area contributed by atoms with E-state index in [0.717, 1.165) is 37.2 Å². The molecule has 1 atom stereocenters. The molecule has 1 aromatic heterocycles. The number of hydrogen-bond acceptors (Lipinski definition) is 10. The molecular weight excluding hydrogens is 724 g/mol. The van der Waals surface area contributed by atoms with Crippen LogP contribution in [0, 0.1) is 12.7 Å². The van der Waals surface area contributed by atoms with Gasteiger partial charge in [-0.15, -0.1) is 0 Å². The Bertz CT molecular complexity index is 2250. The Kier molecular flexibility index (Phi) is 10.5. The predicted octanol–water partition coefficient (Wildman–Crippen LogP) is 5.63. The summed E-state index contributed by atoms with van der Waals surface area (Å²) in [6.45, 7) is 9.47. The fraction of sp³-hybridized carbons (Fsp3) is 0.375. The summed E-state index contributed by atoms with van der Waals surface area (Å²) in [4.78, 5) is 50.0. The first-order valence-electron chi connectivity index (χ1n) is 18.4. The van der Waals surface area contributed by atoms with E-state index in [-0.39, 0.29) is 41.7 Å². The van der Waals surface area contributed by atoms with E-state index in [1.54, 1.807) is 57.3 Å². The number of imide groups is 1. The van der Waals surface area contributed by atoms with Crippen molar-refractivity contribution in [2.24, 2.45) is 0 Å². The van der Waals surface area contributed by atoms with Gasteiger partial charge in [-0.05, 0) is 120 Å². The molecule has 13 nitrogen and oxygen atoms in total. The van der Waals surface area contributed by atoms with E-state index in [1.165, 1.54) is 16.5 Å². The molecule has 4 heterocycles. The fourth-order valence-corrected chi connectivity index (χ4v) is 8.83. The maximum Gasteiger partial charge on any atom is 0.255 e. The lowest BCUT2D eigenvalue weighted by atomic mass is 9.89. The monoisotopic (exact) mass is 768 g/mol. The minimum absolute atomic E-state index is 0.150. The summed E-state index contributed by atoms with van der Waals surface area (Å²) >= 11 is 0. The number of anilines is 4. The quantitative estimate of drug-likeness (QED) is 0.149. The number of halogens is 1. The average molecular weight is 769 g/mol. The highest BCUT2D eigenvalue weighted by Gasteiger charge is 2.39. The maximum absolute atomic E-state index is 15.3. The SMILES string of the molecule is Cc1cnc(Nc2ccc(C3CCN(Cc4cc5c(cc4F)C(=O)N(C4CCC(=O)NC4=O)C5)CC3)cc2)nc1Nc1cccc(S(=O)(=O)NC(C)(C)C)c1. The number of benzene rings is 3. The molecule has 7 rings (SSSR count). The summed E-state index contributed by atoms with van der Waals surface area (Å²) in [6.07, 6.45) is 3.95. The zero-order chi connectivity index (χ0) is 39.1. The van der Waals surface area contributed by atoms with Gasteiger partial charge >= 0.3 is 0 Å². The van der Waals surface area contributed by atoms with Crippen LogP contribution in [0.2, 0.25) is 0 Å².